The highest BCUT2D eigenvalue weighted by atomic mass is 16.1. The molecule has 3 heteroatoms. The minimum atomic E-state index is -0.148. The van der Waals surface area contributed by atoms with Crippen molar-refractivity contribution in [3.63, 3.8) is 0 Å². The van der Waals surface area contributed by atoms with Crippen LogP contribution in [0.3, 0.4) is 0 Å². The van der Waals surface area contributed by atoms with Gasteiger partial charge in [-0.2, -0.15) is 0 Å². The molecule has 3 aromatic carbocycles. The molecule has 26 heavy (non-hydrogen) atoms. The molecule has 0 aliphatic carbocycles. The van der Waals surface area contributed by atoms with Crippen LogP contribution in [0.1, 0.15) is 24.1 Å². The molecule has 0 bridgehead atoms. The summed E-state index contributed by atoms with van der Waals surface area (Å²) in [6, 6.07) is 24.7. The fourth-order valence-electron chi connectivity index (χ4n) is 3.64. The lowest BCUT2D eigenvalue weighted by molar-refractivity contribution is -0.127. The zero-order valence-electron chi connectivity index (χ0n) is 15.0. The zero-order chi connectivity index (χ0) is 17.9. The third kappa shape index (κ3) is 3.23. The highest BCUT2D eigenvalue weighted by molar-refractivity contribution is 5.87. The minimum Gasteiger partial charge on any atom is -0.345 e. The fourth-order valence-corrected chi connectivity index (χ4v) is 3.64. The Morgan fingerprint density at radius 1 is 0.962 bits per heavy atom. The molecule has 0 saturated carbocycles. The van der Waals surface area contributed by atoms with Crippen molar-refractivity contribution in [2.45, 2.75) is 13.0 Å². The van der Waals surface area contributed by atoms with Gasteiger partial charge in [0.25, 0.3) is 0 Å². The topological polar surface area (TPSA) is 41.1 Å². The van der Waals surface area contributed by atoms with Gasteiger partial charge in [0, 0.05) is 5.92 Å². The van der Waals surface area contributed by atoms with Gasteiger partial charge in [-0.15, -0.1) is 0 Å². The summed E-state index contributed by atoms with van der Waals surface area (Å²) in [5.41, 5.74) is 2.25. The van der Waals surface area contributed by atoms with Crippen LogP contribution in [0.2, 0.25) is 0 Å². The van der Waals surface area contributed by atoms with Gasteiger partial charge in [0.1, 0.15) is 0 Å². The van der Waals surface area contributed by atoms with Crippen molar-refractivity contribution >= 4 is 16.7 Å². The van der Waals surface area contributed by atoms with Gasteiger partial charge in [-0.05, 0) is 40.9 Å². The van der Waals surface area contributed by atoms with Crippen molar-refractivity contribution < 1.29 is 4.79 Å². The molecule has 1 fully saturated rings. The number of benzene rings is 3. The second kappa shape index (κ2) is 7.30. The van der Waals surface area contributed by atoms with Crippen molar-refractivity contribution in [1.82, 2.24) is 10.6 Å². The summed E-state index contributed by atoms with van der Waals surface area (Å²) in [7, 11) is 0. The van der Waals surface area contributed by atoms with E-state index >= 15 is 0 Å². The van der Waals surface area contributed by atoms with Crippen LogP contribution in [0, 0.1) is 11.8 Å². The van der Waals surface area contributed by atoms with E-state index in [-0.39, 0.29) is 17.9 Å². The van der Waals surface area contributed by atoms with Crippen LogP contribution in [0.4, 0.5) is 0 Å². The third-order valence-electron chi connectivity index (χ3n) is 5.49. The maximum absolute atomic E-state index is 12.9. The Labute approximate surface area is 154 Å². The van der Waals surface area contributed by atoms with Crippen LogP contribution in [-0.4, -0.2) is 19.0 Å². The standard InChI is InChI=1S/C23H24N2O/c1-16(19-14-24-15-19)23(26)25-22(18-9-3-2-4-10-18)21-13-7-11-17-8-5-6-12-20(17)21/h2-13,16,19,22,24H,14-15H2,1H3,(H,25,26). The summed E-state index contributed by atoms with van der Waals surface area (Å²) in [6.45, 7) is 3.89. The molecule has 4 rings (SSSR count). The van der Waals surface area contributed by atoms with E-state index in [2.05, 4.69) is 59.2 Å². The minimum absolute atomic E-state index is 0.0115. The number of carbonyl (C=O) groups is 1. The first-order valence-electron chi connectivity index (χ1n) is 9.28. The first kappa shape index (κ1) is 16.8. The van der Waals surface area contributed by atoms with E-state index in [0.717, 1.165) is 24.2 Å². The maximum Gasteiger partial charge on any atom is 0.223 e. The summed E-state index contributed by atoms with van der Waals surface area (Å²) < 4.78 is 0. The first-order chi connectivity index (χ1) is 12.7. The molecule has 1 heterocycles. The number of hydrogen-bond donors (Lipinski definition) is 2. The average Bonchev–Trinajstić information content (AvgIpc) is 2.65. The van der Waals surface area contributed by atoms with E-state index in [9.17, 15) is 4.79 Å². The largest absolute Gasteiger partial charge is 0.345 e. The van der Waals surface area contributed by atoms with Gasteiger partial charge < -0.3 is 10.6 Å². The Morgan fingerprint density at radius 2 is 1.65 bits per heavy atom. The van der Waals surface area contributed by atoms with E-state index in [1.165, 1.54) is 10.8 Å². The molecule has 2 atom stereocenters. The van der Waals surface area contributed by atoms with Gasteiger partial charge in [-0.1, -0.05) is 79.7 Å². The normalized spacial score (nSPS) is 16.7. The molecule has 2 N–H and O–H groups in total. The number of amides is 1. The predicted octanol–water partition coefficient (Wildman–Crippen LogP) is 3.90. The van der Waals surface area contributed by atoms with Crippen molar-refractivity contribution in [2.75, 3.05) is 13.1 Å². The Kier molecular flexibility index (Phi) is 4.72. The Balaban J connectivity index is 1.72. The number of fused-ring (bicyclic) bond motifs is 1. The summed E-state index contributed by atoms with van der Waals surface area (Å²) in [5, 5.41) is 8.96. The first-order valence-corrected chi connectivity index (χ1v) is 9.28. The van der Waals surface area contributed by atoms with Gasteiger partial charge in [-0.3, -0.25) is 4.79 Å². The molecular weight excluding hydrogens is 320 g/mol. The van der Waals surface area contributed by atoms with Crippen molar-refractivity contribution in [2.24, 2.45) is 11.8 Å². The molecule has 0 aromatic heterocycles. The molecule has 132 valence electrons. The van der Waals surface area contributed by atoms with E-state index in [1.807, 2.05) is 31.2 Å². The summed E-state index contributed by atoms with van der Waals surface area (Å²) >= 11 is 0. The third-order valence-corrected chi connectivity index (χ3v) is 5.49. The van der Waals surface area contributed by atoms with Gasteiger partial charge in [0.15, 0.2) is 0 Å². The van der Waals surface area contributed by atoms with Gasteiger partial charge >= 0.3 is 0 Å². The highest BCUT2D eigenvalue weighted by Gasteiger charge is 2.30. The van der Waals surface area contributed by atoms with Crippen LogP contribution < -0.4 is 10.6 Å². The Morgan fingerprint density at radius 3 is 2.38 bits per heavy atom. The molecule has 1 saturated heterocycles. The van der Waals surface area contributed by atoms with Crippen molar-refractivity contribution in [3.05, 3.63) is 83.9 Å². The lowest BCUT2D eigenvalue weighted by Crippen LogP contribution is -2.50. The molecule has 0 spiro atoms. The number of rotatable bonds is 5. The summed E-state index contributed by atoms with van der Waals surface area (Å²) in [5.74, 6) is 0.565. The SMILES string of the molecule is CC(C(=O)NC(c1ccccc1)c1cccc2ccccc12)C1CNC1. The van der Waals surface area contributed by atoms with Crippen LogP contribution in [0.5, 0.6) is 0 Å². The molecule has 3 aromatic rings. The summed E-state index contributed by atoms with van der Waals surface area (Å²) in [6.07, 6.45) is 0. The smallest absolute Gasteiger partial charge is 0.223 e. The highest BCUT2D eigenvalue weighted by Crippen LogP contribution is 2.30. The van der Waals surface area contributed by atoms with Crippen molar-refractivity contribution in [1.29, 1.82) is 0 Å². The summed E-state index contributed by atoms with van der Waals surface area (Å²) in [4.78, 5) is 12.9. The number of hydrogen-bond acceptors (Lipinski definition) is 2. The van der Waals surface area contributed by atoms with E-state index in [4.69, 9.17) is 0 Å². The van der Waals surface area contributed by atoms with E-state index in [1.54, 1.807) is 0 Å². The molecule has 0 radical (unpaired) electrons. The molecule has 1 aliphatic heterocycles. The second-order valence-corrected chi connectivity index (χ2v) is 7.13. The number of nitrogens with one attached hydrogen (secondary N) is 2. The Bertz CT molecular complexity index is 897. The van der Waals surface area contributed by atoms with E-state index < -0.39 is 0 Å². The van der Waals surface area contributed by atoms with Crippen LogP contribution >= 0.6 is 0 Å². The predicted molar refractivity (Wildman–Crippen MR) is 106 cm³/mol. The molecule has 1 aliphatic rings. The van der Waals surface area contributed by atoms with Crippen LogP contribution in [0.15, 0.2) is 72.8 Å². The molecule has 1 amide bonds. The lowest BCUT2D eigenvalue weighted by Gasteiger charge is -2.33. The Hall–Kier alpha value is -2.65. The van der Waals surface area contributed by atoms with Gasteiger partial charge in [0.05, 0.1) is 6.04 Å². The second-order valence-electron chi connectivity index (χ2n) is 7.13. The van der Waals surface area contributed by atoms with Crippen molar-refractivity contribution in [3.8, 4) is 0 Å². The molecule has 3 nitrogen and oxygen atoms in total. The quantitative estimate of drug-likeness (QED) is 0.737. The molecule has 2 unspecified atom stereocenters. The molecular formula is C23H24N2O. The zero-order valence-corrected chi connectivity index (χ0v) is 15.0. The van der Waals surface area contributed by atoms with E-state index in [0.29, 0.717) is 5.92 Å². The maximum atomic E-state index is 12.9. The fraction of sp³-hybridized carbons (Fsp3) is 0.261. The van der Waals surface area contributed by atoms with Crippen LogP contribution in [0.25, 0.3) is 10.8 Å². The average molecular weight is 344 g/mol. The lowest BCUT2D eigenvalue weighted by atomic mass is 9.87. The van der Waals surface area contributed by atoms with Crippen LogP contribution in [-0.2, 0) is 4.79 Å². The monoisotopic (exact) mass is 344 g/mol. The number of carbonyl (C=O) groups excluding carboxylic acids is 1. The van der Waals surface area contributed by atoms with Gasteiger partial charge in [0.2, 0.25) is 5.91 Å². The van der Waals surface area contributed by atoms with Gasteiger partial charge in [-0.25, -0.2) is 0 Å².